The SMILES string of the molecule is CCCC1CCN(S(=O)(=O)c2ccc(F)c(N)c2)C1. The molecule has 1 aliphatic rings. The predicted molar refractivity (Wildman–Crippen MR) is 72.6 cm³/mol. The Morgan fingerprint density at radius 2 is 2.21 bits per heavy atom. The molecule has 106 valence electrons. The standard InChI is InChI=1S/C13H19FN2O2S/c1-2-3-10-6-7-16(9-10)19(17,18)11-4-5-12(14)13(15)8-11/h4-5,8,10H,2-3,6-7,9,15H2,1H3. The number of nitrogen functional groups attached to an aromatic ring is 1. The minimum Gasteiger partial charge on any atom is -0.396 e. The molecule has 0 spiro atoms. The lowest BCUT2D eigenvalue weighted by molar-refractivity contribution is 0.444. The van der Waals surface area contributed by atoms with E-state index in [0.29, 0.717) is 19.0 Å². The van der Waals surface area contributed by atoms with Crippen LogP contribution < -0.4 is 5.73 Å². The first kappa shape index (κ1) is 14.3. The molecule has 2 N–H and O–H groups in total. The Kier molecular flexibility index (Phi) is 4.10. The number of nitrogens with zero attached hydrogens (tertiary/aromatic N) is 1. The molecule has 1 aliphatic heterocycles. The van der Waals surface area contributed by atoms with Gasteiger partial charge in [0.25, 0.3) is 0 Å². The van der Waals surface area contributed by atoms with Gasteiger partial charge in [0.15, 0.2) is 0 Å². The van der Waals surface area contributed by atoms with E-state index in [1.807, 2.05) is 0 Å². The number of anilines is 1. The molecule has 6 heteroatoms. The van der Waals surface area contributed by atoms with Crippen LogP contribution in [0.3, 0.4) is 0 Å². The lowest BCUT2D eigenvalue weighted by atomic mass is 10.0. The first-order chi connectivity index (χ1) is 8.95. The summed E-state index contributed by atoms with van der Waals surface area (Å²) in [5.74, 6) is -0.165. The maximum absolute atomic E-state index is 13.1. The zero-order chi connectivity index (χ0) is 14.0. The smallest absolute Gasteiger partial charge is 0.243 e. The maximum atomic E-state index is 13.1. The van der Waals surface area contributed by atoms with E-state index in [1.165, 1.54) is 16.4 Å². The Labute approximate surface area is 113 Å². The third-order valence-corrected chi connectivity index (χ3v) is 5.41. The Balaban J connectivity index is 2.21. The summed E-state index contributed by atoms with van der Waals surface area (Å²) in [6.45, 7) is 3.18. The molecule has 0 aliphatic carbocycles. The van der Waals surface area contributed by atoms with Crippen LogP contribution in [-0.4, -0.2) is 25.8 Å². The van der Waals surface area contributed by atoms with Gasteiger partial charge in [-0.15, -0.1) is 0 Å². The molecule has 1 unspecified atom stereocenters. The molecular formula is C13H19FN2O2S. The lowest BCUT2D eigenvalue weighted by Gasteiger charge is -2.17. The fraction of sp³-hybridized carbons (Fsp3) is 0.538. The van der Waals surface area contributed by atoms with Crippen LogP contribution in [-0.2, 0) is 10.0 Å². The van der Waals surface area contributed by atoms with Crippen molar-refractivity contribution in [1.82, 2.24) is 4.31 Å². The molecule has 0 amide bonds. The van der Waals surface area contributed by atoms with Gasteiger partial charge in [0, 0.05) is 13.1 Å². The van der Waals surface area contributed by atoms with Crippen LogP contribution in [0.4, 0.5) is 10.1 Å². The number of halogens is 1. The molecule has 2 rings (SSSR count). The highest BCUT2D eigenvalue weighted by Crippen LogP contribution is 2.28. The molecule has 1 heterocycles. The molecule has 0 saturated carbocycles. The summed E-state index contributed by atoms with van der Waals surface area (Å²) in [5.41, 5.74) is 5.30. The molecule has 1 atom stereocenters. The van der Waals surface area contributed by atoms with Gasteiger partial charge in [-0.1, -0.05) is 13.3 Å². The van der Waals surface area contributed by atoms with Crippen molar-refractivity contribution in [2.24, 2.45) is 5.92 Å². The third kappa shape index (κ3) is 2.90. The second kappa shape index (κ2) is 5.46. The third-order valence-electron chi connectivity index (χ3n) is 3.55. The van der Waals surface area contributed by atoms with E-state index in [2.05, 4.69) is 6.92 Å². The van der Waals surface area contributed by atoms with Crippen molar-refractivity contribution in [3.05, 3.63) is 24.0 Å². The topological polar surface area (TPSA) is 63.4 Å². The number of sulfonamides is 1. The van der Waals surface area contributed by atoms with E-state index >= 15 is 0 Å². The van der Waals surface area contributed by atoms with Crippen molar-refractivity contribution in [3.63, 3.8) is 0 Å². The highest BCUT2D eigenvalue weighted by molar-refractivity contribution is 7.89. The van der Waals surface area contributed by atoms with E-state index in [1.54, 1.807) is 0 Å². The summed E-state index contributed by atoms with van der Waals surface area (Å²) < 4.78 is 39.4. The second-order valence-corrected chi connectivity index (χ2v) is 6.93. The molecule has 1 fully saturated rings. The van der Waals surface area contributed by atoms with Crippen molar-refractivity contribution in [2.75, 3.05) is 18.8 Å². The van der Waals surface area contributed by atoms with Crippen molar-refractivity contribution in [1.29, 1.82) is 0 Å². The van der Waals surface area contributed by atoms with Crippen LogP contribution in [0.25, 0.3) is 0 Å². The van der Waals surface area contributed by atoms with Crippen LogP contribution in [0, 0.1) is 11.7 Å². The molecule has 0 bridgehead atoms. The number of hydrogen-bond acceptors (Lipinski definition) is 3. The fourth-order valence-electron chi connectivity index (χ4n) is 2.49. The number of benzene rings is 1. The van der Waals surface area contributed by atoms with Crippen LogP contribution in [0.1, 0.15) is 26.2 Å². The van der Waals surface area contributed by atoms with Gasteiger partial charge < -0.3 is 5.73 Å². The number of hydrogen-bond donors (Lipinski definition) is 1. The number of nitrogens with two attached hydrogens (primary N) is 1. The molecule has 4 nitrogen and oxygen atoms in total. The summed E-state index contributed by atoms with van der Waals surface area (Å²) >= 11 is 0. The van der Waals surface area contributed by atoms with Gasteiger partial charge >= 0.3 is 0 Å². The number of rotatable bonds is 4. The van der Waals surface area contributed by atoms with Gasteiger partial charge in [0.1, 0.15) is 5.82 Å². The average molecular weight is 286 g/mol. The van der Waals surface area contributed by atoms with Gasteiger partial charge in [-0.2, -0.15) is 4.31 Å². The summed E-state index contributed by atoms with van der Waals surface area (Å²) in [5, 5.41) is 0. The van der Waals surface area contributed by atoms with Crippen molar-refractivity contribution < 1.29 is 12.8 Å². The summed E-state index contributed by atoms with van der Waals surface area (Å²) in [6.07, 6.45) is 2.99. The first-order valence-electron chi connectivity index (χ1n) is 6.50. The van der Waals surface area contributed by atoms with Gasteiger partial charge in [-0.05, 0) is 37.0 Å². The van der Waals surface area contributed by atoms with Gasteiger partial charge in [-0.3, -0.25) is 0 Å². The molecular weight excluding hydrogens is 267 g/mol. The zero-order valence-corrected chi connectivity index (χ0v) is 11.8. The van der Waals surface area contributed by atoms with Gasteiger partial charge in [0.2, 0.25) is 10.0 Å². The van der Waals surface area contributed by atoms with E-state index < -0.39 is 15.8 Å². The summed E-state index contributed by atoms with van der Waals surface area (Å²) in [4.78, 5) is 0.0727. The Hall–Kier alpha value is -1.14. The molecule has 19 heavy (non-hydrogen) atoms. The minimum atomic E-state index is -3.54. The maximum Gasteiger partial charge on any atom is 0.243 e. The van der Waals surface area contributed by atoms with Crippen LogP contribution in [0.2, 0.25) is 0 Å². The Morgan fingerprint density at radius 1 is 1.47 bits per heavy atom. The minimum absolute atomic E-state index is 0.0727. The first-order valence-corrected chi connectivity index (χ1v) is 7.94. The average Bonchev–Trinajstić information content (AvgIpc) is 2.82. The molecule has 1 aromatic rings. The quantitative estimate of drug-likeness (QED) is 0.863. The van der Waals surface area contributed by atoms with Crippen molar-refractivity contribution in [3.8, 4) is 0 Å². The predicted octanol–water partition coefficient (Wildman–Crippen LogP) is 2.22. The van der Waals surface area contributed by atoms with E-state index in [4.69, 9.17) is 5.73 Å². The monoisotopic (exact) mass is 286 g/mol. The second-order valence-electron chi connectivity index (χ2n) is 4.99. The van der Waals surface area contributed by atoms with Gasteiger partial charge in [0.05, 0.1) is 10.6 Å². The van der Waals surface area contributed by atoms with Crippen LogP contribution in [0.15, 0.2) is 23.1 Å². The molecule has 0 aromatic heterocycles. The Bertz CT molecular complexity index is 560. The van der Waals surface area contributed by atoms with E-state index in [-0.39, 0.29) is 10.6 Å². The van der Waals surface area contributed by atoms with Crippen molar-refractivity contribution in [2.45, 2.75) is 31.1 Å². The summed E-state index contributed by atoms with van der Waals surface area (Å²) in [6, 6.07) is 3.56. The lowest BCUT2D eigenvalue weighted by Crippen LogP contribution is -2.29. The van der Waals surface area contributed by atoms with Gasteiger partial charge in [-0.25, -0.2) is 12.8 Å². The summed E-state index contributed by atoms with van der Waals surface area (Å²) in [7, 11) is -3.54. The molecule has 1 aromatic carbocycles. The molecule has 0 radical (unpaired) electrons. The molecule has 1 saturated heterocycles. The van der Waals surface area contributed by atoms with E-state index in [0.717, 1.165) is 25.3 Å². The highest BCUT2D eigenvalue weighted by Gasteiger charge is 2.32. The van der Waals surface area contributed by atoms with Crippen molar-refractivity contribution >= 4 is 15.7 Å². The van der Waals surface area contributed by atoms with Crippen LogP contribution in [0.5, 0.6) is 0 Å². The fourth-order valence-corrected chi connectivity index (χ4v) is 4.06. The Morgan fingerprint density at radius 3 is 2.84 bits per heavy atom. The van der Waals surface area contributed by atoms with Crippen LogP contribution >= 0.6 is 0 Å². The van der Waals surface area contributed by atoms with E-state index in [9.17, 15) is 12.8 Å². The normalized spacial score (nSPS) is 20.8. The largest absolute Gasteiger partial charge is 0.396 e. The zero-order valence-electron chi connectivity index (χ0n) is 11.0. The highest BCUT2D eigenvalue weighted by atomic mass is 32.2.